The molecule has 0 heterocycles. The molecular weight excluding hydrogens is 283 g/mol. The highest BCUT2D eigenvalue weighted by atomic mass is 19.1. The lowest BCUT2D eigenvalue weighted by Gasteiger charge is -2.31. The normalized spacial score (nSPS) is 22.9. The molecule has 1 fully saturated rings. The van der Waals surface area contributed by atoms with E-state index in [2.05, 4.69) is 17.6 Å². The fourth-order valence-electron chi connectivity index (χ4n) is 2.89. The Kier molecular flexibility index (Phi) is 6.19. The molecule has 5 heteroatoms. The first-order valence-corrected chi connectivity index (χ1v) is 7.94. The second kappa shape index (κ2) is 8.13. The van der Waals surface area contributed by atoms with E-state index in [9.17, 15) is 9.18 Å². The maximum atomic E-state index is 12.8. The molecule has 1 aliphatic rings. The number of nitrogens with one attached hydrogen (secondary N) is 2. The van der Waals surface area contributed by atoms with E-state index in [0.717, 1.165) is 25.7 Å². The molecule has 4 nitrogen and oxygen atoms in total. The number of hydrogen-bond donors (Lipinski definition) is 2. The van der Waals surface area contributed by atoms with Crippen LogP contribution in [0.5, 0.6) is 5.75 Å². The molecule has 0 unspecified atom stereocenters. The molecule has 0 aliphatic heterocycles. The monoisotopic (exact) mass is 308 g/mol. The molecule has 2 N–H and O–H groups in total. The van der Waals surface area contributed by atoms with E-state index in [0.29, 0.717) is 24.4 Å². The third kappa shape index (κ3) is 5.64. The van der Waals surface area contributed by atoms with Crippen molar-refractivity contribution in [3.8, 4) is 5.75 Å². The van der Waals surface area contributed by atoms with Crippen LogP contribution in [0.1, 0.15) is 39.5 Å². The average Bonchev–Trinajstić information content (AvgIpc) is 2.48. The van der Waals surface area contributed by atoms with Gasteiger partial charge in [-0.05, 0) is 56.9 Å². The third-order valence-electron chi connectivity index (χ3n) is 3.97. The Labute approximate surface area is 131 Å². The SMILES string of the molecule is CC(=O)NC1CCC(N[C@H](C)COc2ccc(F)cc2)CC1. The van der Waals surface area contributed by atoms with E-state index in [4.69, 9.17) is 4.74 Å². The summed E-state index contributed by atoms with van der Waals surface area (Å²) in [5.74, 6) is 0.483. The third-order valence-corrected chi connectivity index (χ3v) is 3.97. The molecule has 1 saturated carbocycles. The van der Waals surface area contributed by atoms with Gasteiger partial charge in [-0.1, -0.05) is 0 Å². The first kappa shape index (κ1) is 16.7. The molecule has 1 aromatic rings. The summed E-state index contributed by atoms with van der Waals surface area (Å²) in [7, 11) is 0. The summed E-state index contributed by atoms with van der Waals surface area (Å²) in [6.45, 7) is 4.21. The molecule has 0 saturated heterocycles. The first-order chi connectivity index (χ1) is 10.5. The fraction of sp³-hybridized carbons (Fsp3) is 0.588. The molecule has 122 valence electrons. The molecule has 0 bridgehead atoms. The van der Waals surface area contributed by atoms with Crippen LogP contribution in [-0.2, 0) is 4.79 Å². The lowest BCUT2D eigenvalue weighted by molar-refractivity contribution is -0.119. The standard InChI is InChI=1S/C17H25FN2O2/c1-12(11-22-17-9-3-14(18)4-10-17)19-15-5-7-16(8-6-15)20-13(2)21/h3-4,9-10,12,15-16,19H,5-8,11H2,1-2H3,(H,20,21)/t12-,15?,16?/m1/s1. The zero-order chi connectivity index (χ0) is 15.9. The van der Waals surface area contributed by atoms with Crippen LogP contribution in [-0.4, -0.2) is 30.6 Å². The smallest absolute Gasteiger partial charge is 0.217 e. The Morgan fingerprint density at radius 1 is 1.23 bits per heavy atom. The van der Waals surface area contributed by atoms with Crippen molar-refractivity contribution in [1.82, 2.24) is 10.6 Å². The van der Waals surface area contributed by atoms with Crippen molar-refractivity contribution in [3.05, 3.63) is 30.1 Å². The van der Waals surface area contributed by atoms with Gasteiger partial charge in [0.1, 0.15) is 18.2 Å². The molecule has 1 aromatic carbocycles. The lowest BCUT2D eigenvalue weighted by atomic mass is 9.91. The maximum absolute atomic E-state index is 12.8. The van der Waals surface area contributed by atoms with E-state index < -0.39 is 0 Å². The topological polar surface area (TPSA) is 50.4 Å². The molecule has 1 atom stereocenters. The minimum absolute atomic E-state index is 0.0532. The predicted molar refractivity (Wildman–Crippen MR) is 84.4 cm³/mol. The second-order valence-electron chi connectivity index (χ2n) is 6.08. The second-order valence-corrected chi connectivity index (χ2v) is 6.08. The fourth-order valence-corrected chi connectivity index (χ4v) is 2.89. The molecule has 0 aromatic heterocycles. The minimum Gasteiger partial charge on any atom is -0.492 e. The van der Waals surface area contributed by atoms with E-state index in [1.807, 2.05) is 0 Å². The van der Waals surface area contributed by atoms with Crippen LogP contribution in [0.2, 0.25) is 0 Å². The van der Waals surface area contributed by atoms with Gasteiger partial charge in [0, 0.05) is 25.0 Å². The Morgan fingerprint density at radius 2 is 1.82 bits per heavy atom. The molecule has 0 spiro atoms. The summed E-state index contributed by atoms with van der Waals surface area (Å²) < 4.78 is 18.5. The number of benzene rings is 1. The number of halogens is 1. The van der Waals surface area contributed by atoms with Crippen molar-refractivity contribution in [2.24, 2.45) is 0 Å². The number of carbonyl (C=O) groups is 1. The number of amides is 1. The van der Waals surface area contributed by atoms with Crippen molar-refractivity contribution in [1.29, 1.82) is 0 Å². The molecule has 22 heavy (non-hydrogen) atoms. The molecule has 1 aliphatic carbocycles. The number of ether oxygens (including phenoxy) is 1. The summed E-state index contributed by atoms with van der Waals surface area (Å²) in [6, 6.07) is 7.10. The maximum Gasteiger partial charge on any atom is 0.217 e. The number of carbonyl (C=O) groups excluding carboxylic acids is 1. The van der Waals surface area contributed by atoms with Crippen LogP contribution in [0.3, 0.4) is 0 Å². The Balaban J connectivity index is 1.66. The van der Waals surface area contributed by atoms with E-state index >= 15 is 0 Å². The zero-order valence-corrected chi connectivity index (χ0v) is 13.3. The Hall–Kier alpha value is -1.62. The van der Waals surface area contributed by atoms with E-state index in [-0.39, 0.29) is 17.8 Å². The lowest BCUT2D eigenvalue weighted by Crippen LogP contribution is -2.45. The van der Waals surface area contributed by atoms with Gasteiger partial charge in [0.05, 0.1) is 0 Å². The van der Waals surface area contributed by atoms with Crippen molar-refractivity contribution >= 4 is 5.91 Å². The quantitative estimate of drug-likeness (QED) is 0.849. The summed E-state index contributed by atoms with van der Waals surface area (Å²) in [5.41, 5.74) is 0. The van der Waals surface area contributed by atoms with Crippen LogP contribution >= 0.6 is 0 Å². The molecule has 0 radical (unpaired) electrons. The highest BCUT2D eigenvalue weighted by Crippen LogP contribution is 2.19. The van der Waals surface area contributed by atoms with Gasteiger partial charge < -0.3 is 15.4 Å². The van der Waals surface area contributed by atoms with Crippen molar-refractivity contribution in [2.75, 3.05) is 6.61 Å². The molecule has 1 amide bonds. The van der Waals surface area contributed by atoms with Gasteiger partial charge in [-0.2, -0.15) is 0 Å². The van der Waals surface area contributed by atoms with Crippen LogP contribution in [0, 0.1) is 5.82 Å². The summed E-state index contributed by atoms with van der Waals surface area (Å²) in [5, 5.41) is 6.55. The summed E-state index contributed by atoms with van der Waals surface area (Å²) in [6.07, 6.45) is 4.16. The van der Waals surface area contributed by atoms with Gasteiger partial charge >= 0.3 is 0 Å². The van der Waals surface area contributed by atoms with Gasteiger partial charge in [0.15, 0.2) is 0 Å². The van der Waals surface area contributed by atoms with Gasteiger partial charge in [0.2, 0.25) is 5.91 Å². The van der Waals surface area contributed by atoms with Gasteiger partial charge in [-0.15, -0.1) is 0 Å². The highest BCUT2D eigenvalue weighted by Gasteiger charge is 2.22. The van der Waals surface area contributed by atoms with Gasteiger partial charge in [-0.25, -0.2) is 4.39 Å². The molecular formula is C17H25FN2O2. The number of rotatable bonds is 6. The number of hydrogen-bond acceptors (Lipinski definition) is 3. The average molecular weight is 308 g/mol. The van der Waals surface area contributed by atoms with Crippen LogP contribution < -0.4 is 15.4 Å². The van der Waals surface area contributed by atoms with Gasteiger partial charge in [0.25, 0.3) is 0 Å². The van der Waals surface area contributed by atoms with Crippen LogP contribution in [0.25, 0.3) is 0 Å². The van der Waals surface area contributed by atoms with E-state index in [1.165, 1.54) is 12.1 Å². The van der Waals surface area contributed by atoms with Crippen molar-refractivity contribution in [3.63, 3.8) is 0 Å². The Morgan fingerprint density at radius 3 is 2.41 bits per heavy atom. The van der Waals surface area contributed by atoms with Crippen molar-refractivity contribution in [2.45, 2.75) is 57.7 Å². The largest absolute Gasteiger partial charge is 0.492 e. The van der Waals surface area contributed by atoms with Gasteiger partial charge in [-0.3, -0.25) is 4.79 Å². The predicted octanol–water partition coefficient (Wildman–Crippen LogP) is 2.63. The summed E-state index contributed by atoms with van der Waals surface area (Å²) >= 11 is 0. The first-order valence-electron chi connectivity index (χ1n) is 7.94. The highest BCUT2D eigenvalue weighted by molar-refractivity contribution is 5.73. The summed E-state index contributed by atoms with van der Waals surface area (Å²) in [4.78, 5) is 11.0. The van der Waals surface area contributed by atoms with Crippen LogP contribution in [0.15, 0.2) is 24.3 Å². The Bertz CT molecular complexity index is 470. The minimum atomic E-state index is -0.255. The van der Waals surface area contributed by atoms with Crippen molar-refractivity contribution < 1.29 is 13.9 Å². The van der Waals surface area contributed by atoms with Crippen LogP contribution in [0.4, 0.5) is 4.39 Å². The zero-order valence-electron chi connectivity index (χ0n) is 13.3. The van der Waals surface area contributed by atoms with E-state index in [1.54, 1.807) is 19.1 Å². The molecule has 2 rings (SSSR count).